The molecule has 0 radical (unpaired) electrons. The molecule has 8 nitrogen and oxygen atoms in total. The van der Waals surface area contributed by atoms with Crippen LogP contribution in [0, 0.1) is 0 Å². The first-order valence-electron chi connectivity index (χ1n) is 6.03. The van der Waals surface area contributed by atoms with E-state index in [1.165, 1.54) is 0 Å². The number of hydrogen-bond donors (Lipinski definition) is 4. The van der Waals surface area contributed by atoms with Crippen molar-refractivity contribution >= 4 is 17.8 Å². The molecule has 4 N–H and O–H groups in total. The molecule has 1 saturated heterocycles. The predicted molar refractivity (Wildman–Crippen MR) is 65.0 cm³/mol. The molecule has 1 aliphatic heterocycles. The Balaban J connectivity index is 2.65. The summed E-state index contributed by atoms with van der Waals surface area (Å²) >= 11 is 0. The van der Waals surface area contributed by atoms with E-state index in [0.29, 0.717) is 6.42 Å². The van der Waals surface area contributed by atoms with Crippen molar-refractivity contribution in [2.45, 2.75) is 31.8 Å². The summed E-state index contributed by atoms with van der Waals surface area (Å²) in [6, 6.07) is -1.42. The van der Waals surface area contributed by atoms with Crippen molar-refractivity contribution in [3.05, 3.63) is 0 Å². The number of aliphatic hydroxyl groups excluding tert-OH is 2. The van der Waals surface area contributed by atoms with E-state index in [2.05, 4.69) is 10.6 Å². The van der Waals surface area contributed by atoms with Gasteiger partial charge in [0.05, 0.1) is 19.3 Å². The zero-order valence-electron chi connectivity index (χ0n) is 11.0. The van der Waals surface area contributed by atoms with Crippen molar-refractivity contribution < 1.29 is 24.6 Å². The molecule has 0 aliphatic carbocycles. The van der Waals surface area contributed by atoms with Gasteiger partial charge in [-0.3, -0.25) is 14.5 Å². The largest absolute Gasteiger partial charge is 0.394 e. The average molecular weight is 273 g/mol. The second-order valence-electron chi connectivity index (χ2n) is 4.64. The monoisotopic (exact) mass is 273 g/mol. The SMILES string of the molecule is CCC1(C)NC(=O)N(CC(=O)NC(CO)CO)C1=O. The van der Waals surface area contributed by atoms with Crippen LogP contribution in [0.15, 0.2) is 0 Å². The van der Waals surface area contributed by atoms with Crippen molar-refractivity contribution in [3.63, 3.8) is 0 Å². The van der Waals surface area contributed by atoms with Gasteiger partial charge >= 0.3 is 6.03 Å². The Morgan fingerprint density at radius 3 is 2.42 bits per heavy atom. The fourth-order valence-corrected chi connectivity index (χ4v) is 1.70. The van der Waals surface area contributed by atoms with Crippen LogP contribution in [-0.2, 0) is 9.59 Å². The molecule has 19 heavy (non-hydrogen) atoms. The predicted octanol–water partition coefficient (Wildman–Crippen LogP) is -1.82. The lowest BCUT2D eigenvalue weighted by atomic mass is 9.99. The van der Waals surface area contributed by atoms with Crippen LogP contribution < -0.4 is 10.6 Å². The Labute approximate surface area is 110 Å². The van der Waals surface area contributed by atoms with E-state index in [9.17, 15) is 14.4 Å². The minimum Gasteiger partial charge on any atom is -0.394 e. The molecule has 4 amide bonds. The van der Waals surface area contributed by atoms with Gasteiger partial charge in [-0.15, -0.1) is 0 Å². The van der Waals surface area contributed by atoms with Gasteiger partial charge in [-0.1, -0.05) is 6.92 Å². The maximum Gasteiger partial charge on any atom is 0.325 e. The molecule has 108 valence electrons. The van der Waals surface area contributed by atoms with E-state index in [4.69, 9.17) is 10.2 Å². The van der Waals surface area contributed by atoms with Gasteiger partial charge in [-0.2, -0.15) is 0 Å². The quantitative estimate of drug-likeness (QED) is 0.425. The summed E-state index contributed by atoms with van der Waals surface area (Å²) in [4.78, 5) is 36.1. The van der Waals surface area contributed by atoms with Crippen LogP contribution in [0.4, 0.5) is 4.79 Å². The lowest BCUT2D eigenvalue weighted by molar-refractivity contribution is -0.135. The summed E-state index contributed by atoms with van der Waals surface area (Å²) in [5, 5.41) is 22.5. The Morgan fingerprint density at radius 2 is 2.00 bits per heavy atom. The highest BCUT2D eigenvalue weighted by atomic mass is 16.3. The van der Waals surface area contributed by atoms with Gasteiger partial charge in [0.25, 0.3) is 5.91 Å². The molecule has 8 heteroatoms. The Kier molecular flexibility index (Phi) is 4.84. The average Bonchev–Trinajstić information content (AvgIpc) is 2.60. The maximum absolute atomic E-state index is 12.0. The van der Waals surface area contributed by atoms with E-state index in [1.54, 1.807) is 13.8 Å². The molecular weight excluding hydrogens is 254 g/mol. The first-order chi connectivity index (χ1) is 8.87. The van der Waals surface area contributed by atoms with Crippen molar-refractivity contribution in [2.75, 3.05) is 19.8 Å². The van der Waals surface area contributed by atoms with E-state index in [0.717, 1.165) is 4.90 Å². The molecular formula is C11H19N3O5. The van der Waals surface area contributed by atoms with Gasteiger partial charge in [0, 0.05) is 0 Å². The summed E-state index contributed by atoms with van der Waals surface area (Å²) < 4.78 is 0. The number of amides is 4. The molecule has 0 aromatic carbocycles. The van der Waals surface area contributed by atoms with Gasteiger partial charge in [0.15, 0.2) is 0 Å². The van der Waals surface area contributed by atoms with E-state index in [1.807, 2.05) is 0 Å². The molecule has 0 bridgehead atoms. The lowest BCUT2D eigenvalue weighted by Gasteiger charge is -2.19. The van der Waals surface area contributed by atoms with Crippen LogP contribution in [0.25, 0.3) is 0 Å². The number of nitrogens with zero attached hydrogens (tertiary/aromatic N) is 1. The van der Waals surface area contributed by atoms with Crippen LogP contribution >= 0.6 is 0 Å². The highest BCUT2D eigenvalue weighted by Gasteiger charge is 2.46. The van der Waals surface area contributed by atoms with Gasteiger partial charge in [0.1, 0.15) is 12.1 Å². The molecule has 0 aromatic heterocycles. The standard InChI is InChI=1S/C11H19N3O5/c1-3-11(2)9(18)14(10(19)13-11)4-8(17)12-7(5-15)6-16/h7,15-16H,3-6H2,1-2H3,(H,12,17)(H,13,19). The molecule has 1 unspecified atom stereocenters. The zero-order valence-corrected chi connectivity index (χ0v) is 11.0. The third kappa shape index (κ3) is 3.21. The molecule has 0 aromatic rings. The summed E-state index contributed by atoms with van der Waals surface area (Å²) in [6.07, 6.45) is 0.422. The Bertz CT molecular complexity index is 383. The summed E-state index contributed by atoms with van der Waals surface area (Å²) in [7, 11) is 0. The number of carbonyl (C=O) groups excluding carboxylic acids is 3. The molecule has 1 fully saturated rings. The normalized spacial score (nSPS) is 22.9. The number of carbonyl (C=O) groups is 3. The molecule has 0 saturated carbocycles. The lowest BCUT2D eigenvalue weighted by Crippen LogP contribution is -2.47. The smallest absolute Gasteiger partial charge is 0.325 e. The van der Waals surface area contributed by atoms with Gasteiger partial charge in [0.2, 0.25) is 5.91 Å². The first-order valence-corrected chi connectivity index (χ1v) is 6.03. The Morgan fingerprint density at radius 1 is 1.42 bits per heavy atom. The van der Waals surface area contributed by atoms with Crippen LogP contribution in [-0.4, -0.2) is 64.3 Å². The zero-order chi connectivity index (χ0) is 14.6. The molecule has 1 aliphatic rings. The fraction of sp³-hybridized carbons (Fsp3) is 0.727. The Hall–Kier alpha value is -1.67. The second-order valence-corrected chi connectivity index (χ2v) is 4.64. The van der Waals surface area contributed by atoms with Crippen molar-refractivity contribution in [3.8, 4) is 0 Å². The van der Waals surface area contributed by atoms with Crippen molar-refractivity contribution in [1.29, 1.82) is 0 Å². The second kappa shape index (κ2) is 5.98. The van der Waals surface area contributed by atoms with Crippen molar-refractivity contribution in [1.82, 2.24) is 15.5 Å². The van der Waals surface area contributed by atoms with Crippen LogP contribution in [0.5, 0.6) is 0 Å². The van der Waals surface area contributed by atoms with Gasteiger partial charge < -0.3 is 20.8 Å². The van der Waals surface area contributed by atoms with E-state index >= 15 is 0 Å². The number of imide groups is 1. The van der Waals surface area contributed by atoms with Gasteiger partial charge in [-0.05, 0) is 13.3 Å². The number of hydrogen-bond acceptors (Lipinski definition) is 5. The van der Waals surface area contributed by atoms with E-state index in [-0.39, 0.29) is 0 Å². The molecule has 1 heterocycles. The number of urea groups is 1. The van der Waals surface area contributed by atoms with Crippen LogP contribution in [0.3, 0.4) is 0 Å². The molecule has 1 atom stereocenters. The third-order valence-electron chi connectivity index (χ3n) is 3.16. The number of rotatable bonds is 6. The minimum atomic E-state index is -0.981. The van der Waals surface area contributed by atoms with Crippen LogP contribution in [0.2, 0.25) is 0 Å². The minimum absolute atomic E-state index is 0.422. The number of nitrogens with one attached hydrogen (secondary N) is 2. The fourth-order valence-electron chi connectivity index (χ4n) is 1.70. The third-order valence-corrected chi connectivity index (χ3v) is 3.16. The number of aliphatic hydroxyl groups is 2. The van der Waals surface area contributed by atoms with Gasteiger partial charge in [-0.25, -0.2) is 4.79 Å². The van der Waals surface area contributed by atoms with E-state index < -0.39 is 49.2 Å². The summed E-state index contributed by atoms with van der Waals surface area (Å²) in [6.45, 7) is 2.07. The summed E-state index contributed by atoms with van der Waals surface area (Å²) in [5.74, 6) is -1.07. The van der Waals surface area contributed by atoms with Crippen molar-refractivity contribution in [2.24, 2.45) is 0 Å². The van der Waals surface area contributed by atoms with Crippen LogP contribution in [0.1, 0.15) is 20.3 Å². The highest BCUT2D eigenvalue weighted by molar-refractivity contribution is 6.08. The highest BCUT2D eigenvalue weighted by Crippen LogP contribution is 2.20. The topological polar surface area (TPSA) is 119 Å². The maximum atomic E-state index is 12.0. The summed E-state index contributed by atoms with van der Waals surface area (Å²) in [5.41, 5.74) is -0.981. The first kappa shape index (κ1) is 15.4. The molecule has 0 spiro atoms. The molecule has 1 rings (SSSR count).